The zero-order chi connectivity index (χ0) is 23.5. The number of fused-ring (bicyclic) bond motifs is 3. The lowest BCUT2D eigenvalue weighted by Crippen LogP contribution is -2.39. The van der Waals surface area contributed by atoms with Gasteiger partial charge < -0.3 is 15.0 Å². The molecule has 1 atom stereocenters. The van der Waals surface area contributed by atoms with Crippen LogP contribution in [-0.4, -0.2) is 53.8 Å². The van der Waals surface area contributed by atoms with Crippen LogP contribution in [0.1, 0.15) is 54.1 Å². The van der Waals surface area contributed by atoms with E-state index < -0.39 is 0 Å². The molecule has 1 aliphatic heterocycles. The van der Waals surface area contributed by atoms with Crippen LogP contribution in [0.4, 0.5) is 0 Å². The molecule has 2 aromatic carbocycles. The maximum Gasteiger partial charge on any atom is 0.251 e. The Kier molecular flexibility index (Phi) is 6.68. The van der Waals surface area contributed by atoms with Gasteiger partial charge in [-0.2, -0.15) is 5.10 Å². The summed E-state index contributed by atoms with van der Waals surface area (Å²) in [6, 6.07) is 14.7. The number of rotatable bonds is 7. The van der Waals surface area contributed by atoms with Gasteiger partial charge in [0.05, 0.1) is 18.5 Å². The molecule has 2 N–H and O–H groups in total. The Morgan fingerprint density at radius 2 is 2.03 bits per heavy atom. The summed E-state index contributed by atoms with van der Waals surface area (Å²) in [5.74, 6) is 0.877. The van der Waals surface area contributed by atoms with Gasteiger partial charge in [0.15, 0.2) is 0 Å². The third-order valence-corrected chi connectivity index (χ3v) is 7.36. The summed E-state index contributed by atoms with van der Waals surface area (Å²) >= 11 is 0. The highest BCUT2D eigenvalue weighted by atomic mass is 16.5. The van der Waals surface area contributed by atoms with Gasteiger partial charge in [0.1, 0.15) is 5.75 Å². The van der Waals surface area contributed by atoms with Gasteiger partial charge in [0.2, 0.25) is 0 Å². The maximum absolute atomic E-state index is 12.6. The molecule has 2 heterocycles. The van der Waals surface area contributed by atoms with Crippen LogP contribution in [0.25, 0.3) is 22.5 Å². The van der Waals surface area contributed by atoms with Crippen molar-refractivity contribution in [1.82, 2.24) is 20.4 Å². The first-order valence-electron chi connectivity index (χ1n) is 12.5. The molecular weight excluding hydrogens is 424 g/mol. The molecule has 178 valence electrons. The highest BCUT2D eigenvalue weighted by molar-refractivity contribution is 5.94. The van der Waals surface area contributed by atoms with E-state index >= 15 is 0 Å². The normalized spacial score (nSPS) is 17.6. The van der Waals surface area contributed by atoms with E-state index in [1.165, 1.54) is 42.5 Å². The van der Waals surface area contributed by atoms with Crippen LogP contribution in [0.15, 0.2) is 42.5 Å². The smallest absolute Gasteiger partial charge is 0.251 e. The number of methoxy groups -OCH3 is 1. The van der Waals surface area contributed by atoms with Crippen molar-refractivity contribution in [3.63, 3.8) is 0 Å². The summed E-state index contributed by atoms with van der Waals surface area (Å²) in [6.07, 6.45) is 6.81. The minimum atomic E-state index is -0.00910. The second-order valence-corrected chi connectivity index (χ2v) is 9.52. The molecule has 0 unspecified atom stereocenters. The summed E-state index contributed by atoms with van der Waals surface area (Å²) in [4.78, 5) is 15.2. The van der Waals surface area contributed by atoms with Gasteiger partial charge in [-0.15, -0.1) is 0 Å². The molecule has 6 heteroatoms. The quantitative estimate of drug-likeness (QED) is 0.497. The number of piperidine rings is 1. The second-order valence-electron chi connectivity index (χ2n) is 9.52. The number of aromatic nitrogens is 2. The summed E-state index contributed by atoms with van der Waals surface area (Å²) in [5, 5.41) is 11.0. The molecule has 1 fully saturated rings. The van der Waals surface area contributed by atoms with Crippen LogP contribution >= 0.6 is 0 Å². The summed E-state index contributed by atoms with van der Waals surface area (Å²) in [5.41, 5.74) is 7.49. The first-order chi connectivity index (χ1) is 16.6. The number of aryl methyl sites for hydroxylation is 1. The van der Waals surface area contributed by atoms with E-state index in [1.807, 2.05) is 30.3 Å². The van der Waals surface area contributed by atoms with Crippen molar-refractivity contribution in [2.24, 2.45) is 0 Å². The molecule has 0 spiro atoms. The molecule has 3 aromatic rings. The van der Waals surface area contributed by atoms with Gasteiger partial charge >= 0.3 is 0 Å². The van der Waals surface area contributed by atoms with E-state index in [0.717, 1.165) is 48.5 Å². The van der Waals surface area contributed by atoms with Crippen molar-refractivity contribution in [3.05, 3.63) is 59.2 Å². The number of aromatic amines is 1. The Hall–Kier alpha value is -3.12. The van der Waals surface area contributed by atoms with Gasteiger partial charge in [-0.25, -0.2) is 0 Å². The number of hydrogen-bond acceptors (Lipinski definition) is 4. The Morgan fingerprint density at radius 3 is 2.82 bits per heavy atom. The van der Waals surface area contributed by atoms with Gasteiger partial charge in [-0.1, -0.05) is 18.6 Å². The van der Waals surface area contributed by atoms with E-state index in [-0.39, 0.29) is 5.91 Å². The third kappa shape index (κ3) is 4.60. The van der Waals surface area contributed by atoms with Crippen molar-refractivity contribution < 1.29 is 9.53 Å². The standard InChI is InChI=1S/C28H34N4O2/c1-19-6-3-4-16-32(19)17-5-15-29-28(33)21-9-7-20(8-10-21)26-25-13-11-22-18-23(34-2)12-14-24(22)27(25)31-30-26/h7-10,12,14,18-19H,3-6,11,13,15-17H2,1-2H3,(H,29,33)(H,30,31)/t19-/m1/s1. The number of ether oxygens (including phenoxy) is 1. The van der Waals surface area contributed by atoms with Gasteiger partial charge in [0.25, 0.3) is 5.91 Å². The molecule has 0 radical (unpaired) electrons. The molecule has 2 aliphatic rings. The molecule has 34 heavy (non-hydrogen) atoms. The molecule has 6 nitrogen and oxygen atoms in total. The highest BCUT2D eigenvalue weighted by Crippen LogP contribution is 2.38. The molecule has 5 rings (SSSR count). The lowest BCUT2D eigenvalue weighted by molar-refractivity contribution is 0.0949. The van der Waals surface area contributed by atoms with Crippen LogP contribution in [0.3, 0.4) is 0 Å². The second kappa shape index (κ2) is 10.0. The summed E-state index contributed by atoms with van der Waals surface area (Å²) < 4.78 is 5.38. The number of likely N-dealkylation sites (tertiary alicyclic amines) is 1. The Labute approximate surface area is 201 Å². The Bertz CT molecular complexity index is 1150. The average Bonchev–Trinajstić information content (AvgIpc) is 3.32. The first-order valence-corrected chi connectivity index (χ1v) is 12.5. The predicted molar refractivity (Wildman–Crippen MR) is 135 cm³/mol. The monoisotopic (exact) mass is 458 g/mol. The van der Waals surface area contributed by atoms with Crippen LogP contribution in [0.2, 0.25) is 0 Å². The van der Waals surface area contributed by atoms with E-state index in [0.29, 0.717) is 18.2 Å². The number of hydrogen-bond donors (Lipinski definition) is 2. The Balaban J connectivity index is 1.21. The Morgan fingerprint density at radius 1 is 1.18 bits per heavy atom. The van der Waals surface area contributed by atoms with Crippen LogP contribution in [0, 0.1) is 0 Å². The zero-order valence-electron chi connectivity index (χ0n) is 20.2. The number of nitrogens with one attached hydrogen (secondary N) is 2. The summed E-state index contributed by atoms with van der Waals surface area (Å²) in [6.45, 7) is 5.26. The molecule has 0 saturated carbocycles. The van der Waals surface area contributed by atoms with Crippen LogP contribution in [0.5, 0.6) is 5.75 Å². The van der Waals surface area contributed by atoms with E-state index in [1.54, 1.807) is 7.11 Å². The van der Waals surface area contributed by atoms with Crippen molar-refractivity contribution >= 4 is 5.91 Å². The molecule has 1 saturated heterocycles. The molecule has 1 amide bonds. The molecule has 0 bridgehead atoms. The van der Waals surface area contributed by atoms with Gasteiger partial charge in [0, 0.05) is 41.4 Å². The van der Waals surface area contributed by atoms with Crippen molar-refractivity contribution in [1.29, 1.82) is 0 Å². The van der Waals surface area contributed by atoms with Crippen molar-refractivity contribution in [3.8, 4) is 28.3 Å². The lowest BCUT2D eigenvalue weighted by Gasteiger charge is -2.33. The summed E-state index contributed by atoms with van der Waals surface area (Å²) in [7, 11) is 1.70. The molecule has 1 aromatic heterocycles. The lowest BCUT2D eigenvalue weighted by atomic mass is 9.87. The van der Waals surface area contributed by atoms with Crippen LogP contribution in [-0.2, 0) is 12.8 Å². The predicted octanol–water partition coefficient (Wildman–Crippen LogP) is 4.85. The minimum Gasteiger partial charge on any atom is -0.497 e. The van der Waals surface area contributed by atoms with E-state index in [2.05, 4.69) is 39.5 Å². The van der Waals surface area contributed by atoms with Crippen LogP contribution < -0.4 is 10.1 Å². The van der Waals surface area contributed by atoms with Crippen molar-refractivity contribution in [2.75, 3.05) is 26.7 Å². The fraction of sp³-hybridized carbons (Fsp3) is 0.429. The largest absolute Gasteiger partial charge is 0.497 e. The zero-order valence-corrected chi connectivity index (χ0v) is 20.2. The maximum atomic E-state index is 12.6. The number of nitrogens with zero attached hydrogens (tertiary/aromatic N) is 2. The van der Waals surface area contributed by atoms with Crippen molar-refractivity contribution in [2.45, 2.75) is 51.5 Å². The molecular formula is C28H34N4O2. The minimum absolute atomic E-state index is 0.00910. The number of H-pyrrole nitrogens is 1. The van der Waals surface area contributed by atoms with E-state index in [4.69, 9.17) is 4.74 Å². The third-order valence-electron chi connectivity index (χ3n) is 7.36. The SMILES string of the molecule is COc1ccc2c(c1)CCc1c(-c3ccc(C(=O)NCCCN4CCCC[C@H]4C)cc3)n[nH]c1-2. The number of amides is 1. The number of benzene rings is 2. The molecule has 1 aliphatic carbocycles. The number of carbonyl (C=O) groups is 1. The fourth-order valence-corrected chi connectivity index (χ4v) is 5.33. The topological polar surface area (TPSA) is 70.2 Å². The van der Waals surface area contributed by atoms with Gasteiger partial charge in [-0.3, -0.25) is 9.89 Å². The van der Waals surface area contributed by atoms with Gasteiger partial charge in [-0.05, 0) is 81.5 Å². The number of carbonyl (C=O) groups excluding carboxylic acids is 1. The first kappa shape index (κ1) is 22.7. The highest BCUT2D eigenvalue weighted by Gasteiger charge is 2.23. The van der Waals surface area contributed by atoms with E-state index in [9.17, 15) is 4.79 Å². The average molecular weight is 459 g/mol. The fourth-order valence-electron chi connectivity index (χ4n) is 5.33.